The number of aryl methyl sites for hydroxylation is 3. The van der Waals surface area contributed by atoms with Crippen LogP contribution in [0.3, 0.4) is 0 Å². The number of amides is 1. The van der Waals surface area contributed by atoms with Crippen molar-refractivity contribution in [2.75, 3.05) is 5.32 Å². The minimum Gasteiger partial charge on any atom is -0.322 e. The van der Waals surface area contributed by atoms with Gasteiger partial charge in [-0.3, -0.25) is 14.9 Å². The molecule has 3 aromatic rings. The Balaban J connectivity index is 1.83. The Hall–Kier alpha value is -3.55. The lowest BCUT2D eigenvalue weighted by Crippen LogP contribution is -2.13. The minimum absolute atomic E-state index is 0.0631. The maximum atomic E-state index is 14.5. The van der Waals surface area contributed by atoms with Crippen LogP contribution in [0.1, 0.15) is 27.3 Å². The number of hydrogen-bond acceptors (Lipinski definition) is 4. The molecule has 1 N–H and O–H groups in total. The summed E-state index contributed by atoms with van der Waals surface area (Å²) in [4.78, 5) is 22.7. The lowest BCUT2D eigenvalue weighted by atomic mass is 10.1. The summed E-state index contributed by atoms with van der Waals surface area (Å²) in [6.07, 6.45) is 0. The maximum Gasteiger partial charge on any atom is 0.272 e. The number of nitrogens with zero attached hydrogens (tertiary/aromatic N) is 3. The Morgan fingerprint density at radius 2 is 1.89 bits per heavy atom. The fourth-order valence-corrected chi connectivity index (χ4v) is 2.83. The fourth-order valence-electron chi connectivity index (χ4n) is 2.83. The van der Waals surface area contributed by atoms with Crippen molar-refractivity contribution in [1.82, 2.24) is 9.78 Å². The summed E-state index contributed by atoms with van der Waals surface area (Å²) in [7, 11) is 0. The summed E-state index contributed by atoms with van der Waals surface area (Å²) in [6, 6.07) is 10.2. The SMILES string of the molecule is Cc1cc(C)n(-c2ccc(NC(=O)c3ccc([N+](=O)[O-])c(C)c3)cc2F)n1. The third-order valence-corrected chi connectivity index (χ3v) is 4.10. The molecule has 0 saturated carbocycles. The number of nitro groups is 1. The zero-order valence-electron chi connectivity index (χ0n) is 15.0. The summed E-state index contributed by atoms with van der Waals surface area (Å²) in [6.45, 7) is 5.20. The van der Waals surface area contributed by atoms with Crippen molar-refractivity contribution in [2.45, 2.75) is 20.8 Å². The van der Waals surface area contributed by atoms with Crippen LogP contribution in [-0.2, 0) is 0 Å². The van der Waals surface area contributed by atoms with E-state index in [1.54, 1.807) is 13.0 Å². The van der Waals surface area contributed by atoms with Gasteiger partial charge in [0.05, 0.1) is 10.6 Å². The third kappa shape index (κ3) is 3.69. The predicted molar refractivity (Wildman–Crippen MR) is 98.8 cm³/mol. The molecular formula is C19H17FN4O3. The molecule has 1 amide bonds. The Labute approximate surface area is 154 Å². The Morgan fingerprint density at radius 3 is 2.44 bits per heavy atom. The predicted octanol–water partition coefficient (Wildman–Crippen LogP) is 4.10. The standard InChI is InChI=1S/C19H17FN4O3/c1-11-8-14(4-6-17(11)24(26)27)19(25)21-15-5-7-18(16(20)10-15)23-13(3)9-12(2)22-23/h4-10H,1-3H3,(H,21,25). The van der Waals surface area contributed by atoms with E-state index in [2.05, 4.69) is 10.4 Å². The molecule has 3 rings (SSSR count). The van der Waals surface area contributed by atoms with E-state index < -0.39 is 16.6 Å². The van der Waals surface area contributed by atoms with Crippen LogP contribution >= 0.6 is 0 Å². The highest BCUT2D eigenvalue weighted by Gasteiger charge is 2.15. The molecule has 0 aliphatic heterocycles. The molecule has 0 spiro atoms. The van der Waals surface area contributed by atoms with E-state index in [4.69, 9.17) is 0 Å². The van der Waals surface area contributed by atoms with Gasteiger partial charge in [-0.05, 0) is 57.2 Å². The number of nitrogens with one attached hydrogen (secondary N) is 1. The van der Waals surface area contributed by atoms with Gasteiger partial charge in [-0.15, -0.1) is 0 Å². The van der Waals surface area contributed by atoms with Crippen molar-refractivity contribution in [3.05, 3.63) is 80.9 Å². The molecule has 8 heteroatoms. The summed E-state index contributed by atoms with van der Waals surface area (Å²) in [5.74, 6) is -1.01. The third-order valence-electron chi connectivity index (χ3n) is 4.10. The summed E-state index contributed by atoms with van der Waals surface area (Å²) in [5, 5.41) is 17.7. The van der Waals surface area contributed by atoms with Gasteiger partial charge in [0.2, 0.25) is 0 Å². The highest BCUT2D eigenvalue weighted by Crippen LogP contribution is 2.22. The number of nitro benzene ring substituents is 1. The smallest absolute Gasteiger partial charge is 0.272 e. The largest absolute Gasteiger partial charge is 0.322 e. The lowest BCUT2D eigenvalue weighted by Gasteiger charge is -2.10. The van der Waals surface area contributed by atoms with Crippen molar-refractivity contribution in [3.8, 4) is 5.69 Å². The topological polar surface area (TPSA) is 90.1 Å². The normalized spacial score (nSPS) is 10.7. The number of hydrogen-bond donors (Lipinski definition) is 1. The first kappa shape index (κ1) is 18.2. The van der Waals surface area contributed by atoms with E-state index in [9.17, 15) is 19.3 Å². The maximum absolute atomic E-state index is 14.5. The number of benzene rings is 2. The average Bonchev–Trinajstić information content (AvgIpc) is 2.92. The van der Waals surface area contributed by atoms with E-state index in [0.29, 0.717) is 5.56 Å². The van der Waals surface area contributed by atoms with E-state index in [0.717, 1.165) is 11.4 Å². The van der Waals surface area contributed by atoms with Crippen molar-refractivity contribution in [1.29, 1.82) is 0 Å². The first-order valence-corrected chi connectivity index (χ1v) is 8.16. The molecule has 0 aliphatic rings. The number of halogens is 1. The number of carbonyl (C=O) groups excluding carboxylic acids is 1. The molecule has 138 valence electrons. The molecule has 1 heterocycles. The van der Waals surface area contributed by atoms with Gasteiger partial charge in [0.1, 0.15) is 5.69 Å². The van der Waals surface area contributed by atoms with Crippen LogP contribution < -0.4 is 5.32 Å². The zero-order valence-corrected chi connectivity index (χ0v) is 15.0. The van der Waals surface area contributed by atoms with Crippen LogP contribution in [0.5, 0.6) is 0 Å². The lowest BCUT2D eigenvalue weighted by molar-refractivity contribution is -0.385. The Kier molecular flexibility index (Phi) is 4.72. The van der Waals surface area contributed by atoms with E-state index >= 15 is 0 Å². The van der Waals surface area contributed by atoms with Gasteiger partial charge in [0, 0.05) is 28.6 Å². The molecular weight excluding hydrogens is 351 g/mol. The number of aromatic nitrogens is 2. The number of rotatable bonds is 4. The van der Waals surface area contributed by atoms with Crippen molar-refractivity contribution >= 4 is 17.3 Å². The van der Waals surface area contributed by atoms with Crippen LogP contribution in [0, 0.1) is 36.7 Å². The Bertz CT molecular complexity index is 1060. The molecule has 0 unspecified atom stereocenters. The van der Waals surface area contributed by atoms with E-state index in [1.165, 1.54) is 35.0 Å². The summed E-state index contributed by atoms with van der Waals surface area (Å²) < 4.78 is 16.0. The molecule has 0 fully saturated rings. The molecule has 0 radical (unpaired) electrons. The first-order chi connectivity index (χ1) is 12.8. The molecule has 2 aromatic carbocycles. The fraction of sp³-hybridized carbons (Fsp3) is 0.158. The number of carbonyl (C=O) groups is 1. The van der Waals surface area contributed by atoms with Crippen LogP contribution in [0.2, 0.25) is 0 Å². The van der Waals surface area contributed by atoms with Gasteiger partial charge in [-0.2, -0.15) is 5.10 Å². The summed E-state index contributed by atoms with van der Waals surface area (Å²) in [5.41, 5.74) is 2.69. The highest BCUT2D eigenvalue weighted by molar-refractivity contribution is 6.04. The second-order valence-corrected chi connectivity index (χ2v) is 6.22. The van der Waals surface area contributed by atoms with Crippen molar-refractivity contribution in [3.63, 3.8) is 0 Å². The molecule has 7 nitrogen and oxygen atoms in total. The molecule has 27 heavy (non-hydrogen) atoms. The minimum atomic E-state index is -0.529. The monoisotopic (exact) mass is 368 g/mol. The van der Waals surface area contributed by atoms with Crippen LogP contribution in [0.15, 0.2) is 42.5 Å². The highest BCUT2D eigenvalue weighted by atomic mass is 19.1. The second kappa shape index (κ2) is 6.99. The second-order valence-electron chi connectivity index (χ2n) is 6.22. The summed E-state index contributed by atoms with van der Waals surface area (Å²) >= 11 is 0. The van der Waals surface area contributed by atoms with Gasteiger partial charge in [0.25, 0.3) is 11.6 Å². The number of anilines is 1. The van der Waals surface area contributed by atoms with E-state index in [-0.39, 0.29) is 22.6 Å². The van der Waals surface area contributed by atoms with Gasteiger partial charge in [0.15, 0.2) is 5.82 Å². The van der Waals surface area contributed by atoms with Gasteiger partial charge >= 0.3 is 0 Å². The molecule has 0 atom stereocenters. The average molecular weight is 368 g/mol. The first-order valence-electron chi connectivity index (χ1n) is 8.16. The quantitative estimate of drug-likeness (QED) is 0.554. The van der Waals surface area contributed by atoms with Crippen LogP contribution in [-0.4, -0.2) is 20.6 Å². The van der Waals surface area contributed by atoms with Gasteiger partial charge in [-0.25, -0.2) is 9.07 Å². The zero-order chi connectivity index (χ0) is 19.7. The van der Waals surface area contributed by atoms with Gasteiger partial charge < -0.3 is 5.32 Å². The van der Waals surface area contributed by atoms with Crippen LogP contribution in [0.25, 0.3) is 5.69 Å². The Morgan fingerprint density at radius 1 is 1.15 bits per heavy atom. The van der Waals surface area contributed by atoms with E-state index in [1.807, 2.05) is 19.9 Å². The van der Waals surface area contributed by atoms with Crippen molar-refractivity contribution in [2.24, 2.45) is 0 Å². The molecule has 0 aliphatic carbocycles. The molecule has 1 aromatic heterocycles. The van der Waals surface area contributed by atoms with Gasteiger partial charge in [-0.1, -0.05) is 0 Å². The molecule has 0 saturated heterocycles. The molecule has 0 bridgehead atoms. The van der Waals surface area contributed by atoms with Crippen LogP contribution in [0.4, 0.5) is 15.8 Å². The van der Waals surface area contributed by atoms with Crippen molar-refractivity contribution < 1.29 is 14.1 Å².